The largest absolute Gasteiger partial charge is 0.493 e. The van der Waals surface area contributed by atoms with Gasteiger partial charge in [-0.1, -0.05) is 12.1 Å². The van der Waals surface area contributed by atoms with Gasteiger partial charge in [0.25, 0.3) is 0 Å². The van der Waals surface area contributed by atoms with Gasteiger partial charge in [-0.25, -0.2) is 9.97 Å². The third kappa shape index (κ3) is 3.22. The van der Waals surface area contributed by atoms with Gasteiger partial charge in [0.15, 0.2) is 5.75 Å². The van der Waals surface area contributed by atoms with Crippen molar-refractivity contribution < 1.29 is 9.47 Å². The quantitative estimate of drug-likeness (QED) is 0.865. The number of piperidine rings is 1. The van der Waals surface area contributed by atoms with Crippen molar-refractivity contribution in [1.82, 2.24) is 14.9 Å². The minimum Gasteiger partial charge on any atom is -0.493 e. The Labute approximate surface area is 142 Å². The predicted octanol–water partition coefficient (Wildman–Crippen LogP) is 3.02. The highest BCUT2D eigenvalue weighted by atomic mass is 16.5. The molecule has 0 aliphatic carbocycles. The fraction of sp³-hybridized carbons (Fsp3) is 0.474. The second-order valence-electron chi connectivity index (χ2n) is 6.57. The molecule has 2 aliphatic heterocycles. The molecule has 0 bridgehead atoms. The van der Waals surface area contributed by atoms with E-state index in [0.717, 1.165) is 50.5 Å². The van der Waals surface area contributed by atoms with Gasteiger partial charge in [-0.05, 0) is 37.0 Å². The van der Waals surface area contributed by atoms with Crippen LogP contribution in [0.5, 0.6) is 11.5 Å². The smallest absolute Gasteiger partial charge is 0.156 e. The molecule has 0 N–H and O–H groups in total. The highest BCUT2D eigenvalue weighted by molar-refractivity contribution is 5.41. The third-order valence-electron chi connectivity index (χ3n) is 5.07. The lowest BCUT2D eigenvalue weighted by Gasteiger charge is -2.36. The number of hydrogen-bond acceptors (Lipinski definition) is 5. The number of hydrogen-bond donors (Lipinski definition) is 0. The van der Waals surface area contributed by atoms with Crippen LogP contribution >= 0.6 is 0 Å². The summed E-state index contributed by atoms with van der Waals surface area (Å²) in [6.07, 6.45) is 8.33. The molecule has 126 valence electrons. The Kier molecular flexibility index (Phi) is 4.34. The van der Waals surface area contributed by atoms with Gasteiger partial charge in [-0.3, -0.25) is 4.90 Å². The molecule has 5 heteroatoms. The maximum atomic E-state index is 5.98. The average Bonchev–Trinajstić information content (AvgIpc) is 3.10. The van der Waals surface area contributed by atoms with Gasteiger partial charge >= 0.3 is 0 Å². The van der Waals surface area contributed by atoms with Crippen LogP contribution in [0.1, 0.15) is 36.9 Å². The van der Waals surface area contributed by atoms with E-state index in [2.05, 4.69) is 40.0 Å². The summed E-state index contributed by atoms with van der Waals surface area (Å²) in [5.74, 6) is 1.83. The highest BCUT2D eigenvalue weighted by Crippen LogP contribution is 2.32. The second kappa shape index (κ2) is 6.77. The van der Waals surface area contributed by atoms with Crippen molar-refractivity contribution in [2.75, 3.05) is 19.7 Å². The van der Waals surface area contributed by atoms with Gasteiger partial charge < -0.3 is 9.47 Å². The van der Waals surface area contributed by atoms with Gasteiger partial charge in [0.1, 0.15) is 18.2 Å². The van der Waals surface area contributed by atoms with Gasteiger partial charge in [-0.2, -0.15) is 0 Å². The van der Waals surface area contributed by atoms with Crippen molar-refractivity contribution in [3.8, 4) is 11.5 Å². The standard InChI is InChI=1S/C19H23N3O2/c1-14(16-3-2-15-6-9-23-19(15)10-16)22-7-4-17(5-8-22)24-18-11-20-13-21-12-18/h2-3,10-14,17H,4-9H2,1H3. The van der Waals surface area contributed by atoms with Crippen LogP contribution in [0.3, 0.4) is 0 Å². The zero-order valence-electron chi connectivity index (χ0n) is 14.0. The molecule has 1 saturated heterocycles. The fourth-order valence-corrected chi connectivity index (χ4v) is 3.57. The summed E-state index contributed by atoms with van der Waals surface area (Å²) < 4.78 is 11.7. The van der Waals surface area contributed by atoms with Crippen LogP contribution in [0.4, 0.5) is 0 Å². The molecule has 1 aromatic carbocycles. The Bertz CT molecular complexity index is 684. The Morgan fingerprint density at radius 1 is 1.21 bits per heavy atom. The molecule has 2 aromatic rings. The summed E-state index contributed by atoms with van der Waals surface area (Å²) >= 11 is 0. The van der Waals surface area contributed by atoms with E-state index in [9.17, 15) is 0 Å². The van der Waals surface area contributed by atoms with E-state index in [1.54, 1.807) is 12.4 Å². The Hall–Kier alpha value is -2.14. The normalized spacial score (nSPS) is 19.5. The van der Waals surface area contributed by atoms with Crippen LogP contribution in [0.2, 0.25) is 0 Å². The molecular formula is C19H23N3O2. The summed E-state index contributed by atoms with van der Waals surface area (Å²) in [4.78, 5) is 10.5. The first-order valence-corrected chi connectivity index (χ1v) is 8.71. The molecule has 0 radical (unpaired) electrons. The summed E-state index contributed by atoms with van der Waals surface area (Å²) in [6, 6.07) is 7.10. The van der Waals surface area contributed by atoms with E-state index < -0.39 is 0 Å². The van der Waals surface area contributed by atoms with Gasteiger partial charge in [0, 0.05) is 25.6 Å². The molecule has 0 amide bonds. The monoisotopic (exact) mass is 325 g/mol. The lowest BCUT2D eigenvalue weighted by Crippen LogP contribution is -2.39. The lowest BCUT2D eigenvalue weighted by atomic mass is 10.00. The number of likely N-dealkylation sites (tertiary alicyclic amines) is 1. The number of fused-ring (bicyclic) bond motifs is 1. The molecular weight excluding hydrogens is 302 g/mol. The lowest BCUT2D eigenvalue weighted by molar-refractivity contribution is 0.0792. The molecule has 3 heterocycles. The van der Waals surface area contributed by atoms with Crippen molar-refractivity contribution in [2.45, 2.75) is 38.3 Å². The SMILES string of the molecule is CC(c1ccc2c(c1)OCC2)N1CCC(Oc2cncnc2)CC1. The van der Waals surface area contributed by atoms with Gasteiger partial charge in [0.05, 0.1) is 19.0 Å². The minimum absolute atomic E-state index is 0.253. The maximum Gasteiger partial charge on any atom is 0.156 e. The maximum absolute atomic E-state index is 5.98. The first-order valence-electron chi connectivity index (χ1n) is 8.71. The number of ether oxygens (including phenoxy) is 2. The fourth-order valence-electron chi connectivity index (χ4n) is 3.57. The molecule has 0 saturated carbocycles. The van der Waals surface area contributed by atoms with Gasteiger partial charge in [0.2, 0.25) is 0 Å². The molecule has 1 atom stereocenters. The minimum atomic E-state index is 0.253. The summed E-state index contributed by atoms with van der Waals surface area (Å²) in [5.41, 5.74) is 2.68. The molecule has 1 aromatic heterocycles. The predicted molar refractivity (Wildman–Crippen MR) is 91.3 cm³/mol. The van der Waals surface area contributed by atoms with Crippen molar-refractivity contribution in [2.24, 2.45) is 0 Å². The second-order valence-corrected chi connectivity index (χ2v) is 6.57. The summed E-state index contributed by atoms with van der Waals surface area (Å²) in [7, 11) is 0. The Morgan fingerprint density at radius 2 is 2.00 bits per heavy atom. The summed E-state index contributed by atoms with van der Waals surface area (Å²) in [5, 5.41) is 0. The van der Waals surface area contributed by atoms with Crippen LogP contribution in [-0.2, 0) is 6.42 Å². The number of benzene rings is 1. The van der Waals surface area contributed by atoms with E-state index in [0.29, 0.717) is 6.04 Å². The van der Waals surface area contributed by atoms with Crippen LogP contribution in [0.15, 0.2) is 36.9 Å². The van der Waals surface area contributed by atoms with Crippen LogP contribution in [-0.4, -0.2) is 40.7 Å². The first kappa shape index (κ1) is 15.4. The molecule has 1 unspecified atom stereocenters. The van der Waals surface area contributed by atoms with Crippen molar-refractivity contribution in [3.05, 3.63) is 48.0 Å². The topological polar surface area (TPSA) is 47.5 Å². The molecule has 0 spiro atoms. The third-order valence-corrected chi connectivity index (χ3v) is 5.07. The number of nitrogens with zero attached hydrogens (tertiary/aromatic N) is 3. The number of aromatic nitrogens is 2. The van der Waals surface area contributed by atoms with Crippen molar-refractivity contribution in [1.29, 1.82) is 0 Å². The van der Waals surface area contributed by atoms with E-state index in [4.69, 9.17) is 9.47 Å². The van der Waals surface area contributed by atoms with Crippen molar-refractivity contribution >= 4 is 0 Å². The first-order chi connectivity index (χ1) is 11.8. The molecule has 24 heavy (non-hydrogen) atoms. The Morgan fingerprint density at radius 3 is 2.79 bits per heavy atom. The average molecular weight is 325 g/mol. The van der Waals surface area contributed by atoms with E-state index in [1.165, 1.54) is 17.5 Å². The zero-order valence-corrected chi connectivity index (χ0v) is 14.0. The summed E-state index contributed by atoms with van der Waals surface area (Å²) in [6.45, 7) is 5.18. The molecule has 1 fully saturated rings. The molecule has 2 aliphatic rings. The van der Waals surface area contributed by atoms with Crippen LogP contribution < -0.4 is 9.47 Å². The molecule has 4 rings (SSSR count). The highest BCUT2D eigenvalue weighted by Gasteiger charge is 2.25. The zero-order chi connectivity index (χ0) is 16.4. The number of rotatable bonds is 4. The van der Waals surface area contributed by atoms with Crippen molar-refractivity contribution in [3.63, 3.8) is 0 Å². The van der Waals surface area contributed by atoms with Crippen LogP contribution in [0.25, 0.3) is 0 Å². The van der Waals surface area contributed by atoms with Gasteiger partial charge in [-0.15, -0.1) is 0 Å². The van der Waals surface area contributed by atoms with Crippen LogP contribution in [0, 0.1) is 0 Å². The Balaban J connectivity index is 1.35. The van der Waals surface area contributed by atoms with E-state index >= 15 is 0 Å². The van der Waals surface area contributed by atoms with E-state index in [1.807, 2.05) is 0 Å². The van der Waals surface area contributed by atoms with E-state index in [-0.39, 0.29) is 6.10 Å². The molecule has 5 nitrogen and oxygen atoms in total.